The molecule has 0 spiro atoms. The third-order valence-corrected chi connectivity index (χ3v) is 9.85. The summed E-state index contributed by atoms with van der Waals surface area (Å²) in [5.74, 6) is 0.327. The van der Waals surface area contributed by atoms with E-state index in [4.69, 9.17) is 47.4 Å². The monoisotopic (exact) mass is 681 g/mol. The summed E-state index contributed by atoms with van der Waals surface area (Å²) in [6.07, 6.45) is 5.27. The summed E-state index contributed by atoms with van der Waals surface area (Å²) in [5, 5.41) is 1.42. The van der Waals surface area contributed by atoms with E-state index in [0.29, 0.717) is 46.3 Å². The van der Waals surface area contributed by atoms with Crippen molar-refractivity contribution in [1.82, 2.24) is 4.90 Å². The second-order valence-corrected chi connectivity index (χ2v) is 13.2. The Balaban J connectivity index is 1.35. The molecule has 1 saturated heterocycles. The van der Waals surface area contributed by atoms with Gasteiger partial charge in [0.05, 0.1) is 48.7 Å². The van der Waals surface area contributed by atoms with E-state index in [1.54, 1.807) is 19.2 Å². The summed E-state index contributed by atoms with van der Waals surface area (Å²) in [4.78, 5) is 26.2. The lowest BCUT2D eigenvalue weighted by Gasteiger charge is -2.29. The second-order valence-electron chi connectivity index (χ2n) is 11.5. The second kappa shape index (κ2) is 17.9. The first-order valence-corrected chi connectivity index (χ1v) is 17.6. The van der Waals surface area contributed by atoms with Crippen molar-refractivity contribution in [1.29, 1.82) is 0 Å². The molecule has 10 heteroatoms. The number of benzene rings is 3. The molecule has 0 amide bonds. The van der Waals surface area contributed by atoms with Crippen molar-refractivity contribution in [2.75, 3.05) is 46.6 Å². The van der Waals surface area contributed by atoms with Crippen LogP contribution >= 0.6 is 35.0 Å². The highest BCUT2D eigenvalue weighted by atomic mass is 35.5. The maximum Gasteiger partial charge on any atom is 0.317 e. The molecule has 3 aromatic carbocycles. The average Bonchev–Trinajstić information content (AvgIpc) is 3.09. The molecule has 2 aliphatic rings. The highest BCUT2D eigenvalue weighted by Gasteiger charge is 2.39. The van der Waals surface area contributed by atoms with Gasteiger partial charge in [0.15, 0.2) is 5.17 Å². The Morgan fingerprint density at radius 3 is 2.46 bits per heavy atom. The van der Waals surface area contributed by atoms with Crippen molar-refractivity contribution in [2.45, 2.75) is 43.9 Å². The zero-order valence-electron chi connectivity index (χ0n) is 26.2. The number of amidine groups is 1. The van der Waals surface area contributed by atoms with E-state index in [0.717, 1.165) is 42.9 Å². The fraction of sp³-hybridized carbons (Fsp3) is 0.417. The van der Waals surface area contributed by atoms with Crippen LogP contribution < -0.4 is 4.74 Å². The summed E-state index contributed by atoms with van der Waals surface area (Å²) in [6.45, 7) is 4.11. The van der Waals surface area contributed by atoms with E-state index in [9.17, 15) is 4.79 Å². The minimum Gasteiger partial charge on any atom is -0.497 e. The molecular formula is C36H41Cl2N3O4S. The van der Waals surface area contributed by atoms with Gasteiger partial charge in [-0.05, 0) is 79.7 Å². The largest absolute Gasteiger partial charge is 0.497 e. The van der Waals surface area contributed by atoms with E-state index in [1.165, 1.54) is 36.6 Å². The van der Waals surface area contributed by atoms with Gasteiger partial charge in [0, 0.05) is 12.3 Å². The first-order chi connectivity index (χ1) is 22.5. The van der Waals surface area contributed by atoms with E-state index < -0.39 is 12.0 Å². The van der Waals surface area contributed by atoms with Crippen LogP contribution in [0, 0.1) is 5.92 Å². The zero-order chi connectivity index (χ0) is 32.1. The van der Waals surface area contributed by atoms with Gasteiger partial charge in [-0.3, -0.25) is 9.79 Å². The van der Waals surface area contributed by atoms with Gasteiger partial charge in [0.25, 0.3) is 0 Å². The molecule has 0 saturated carbocycles. The molecule has 5 rings (SSSR count). The zero-order valence-corrected chi connectivity index (χ0v) is 28.5. The maximum absolute atomic E-state index is 13.9. The maximum atomic E-state index is 13.9. The number of halogens is 2. The number of aliphatic imine (C=N–C) groups is 2. The summed E-state index contributed by atoms with van der Waals surface area (Å²) < 4.78 is 17.4. The summed E-state index contributed by atoms with van der Waals surface area (Å²) >= 11 is 14.3. The minimum absolute atomic E-state index is 0.206. The number of nitrogens with zero attached hydrogens (tertiary/aromatic N) is 3. The van der Waals surface area contributed by atoms with Crippen molar-refractivity contribution >= 4 is 51.8 Å². The standard InChI is InChI=1S/C36H41Cl2N3O4S/c1-43-29-15-12-27(13-16-29)25-46-36-39-32(24-44-22-20-41-18-6-3-7-19-41)33(34(40-36)28-14-17-30(37)31(38)23-28)35(42)45-21-8-11-26-9-4-2-5-10-26/h2,4-5,9-10,12-17,23,33-34H,3,6-8,11,18-22,24-25H2,1H3. The van der Waals surface area contributed by atoms with Crippen LogP contribution in [0.1, 0.15) is 48.4 Å². The average molecular weight is 683 g/mol. The number of methoxy groups -OCH3 is 1. The Morgan fingerprint density at radius 1 is 0.935 bits per heavy atom. The van der Waals surface area contributed by atoms with Gasteiger partial charge in [-0.1, -0.05) is 89.9 Å². The molecule has 0 radical (unpaired) electrons. The summed E-state index contributed by atoms with van der Waals surface area (Å²) in [6, 6.07) is 22.9. The van der Waals surface area contributed by atoms with Crippen molar-refractivity contribution in [3.8, 4) is 5.75 Å². The van der Waals surface area contributed by atoms with Crippen LogP contribution in [0.2, 0.25) is 10.0 Å². The number of ether oxygens (including phenoxy) is 3. The Kier molecular flexibility index (Phi) is 13.4. The smallest absolute Gasteiger partial charge is 0.317 e. The molecule has 46 heavy (non-hydrogen) atoms. The first kappa shape index (κ1) is 34.5. The number of hydrogen-bond donors (Lipinski definition) is 0. The van der Waals surface area contributed by atoms with E-state index in [-0.39, 0.29) is 12.6 Å². The number of carbonyl (C=O) groups excluding carboxylic acids is 1. The first-order valence-electron chi connectivity index (χ1n) is 15.9. The molecule has 0 aromatic heterocycles. The van der Waals surface area contributed by atoms with Crippen LogP contribution in [-0.2, 0) is 26.4 Å². The number of carbonyl (C=O) groups is 1. The predicted octanol–water partition coefficient (Wildman–Crippen LogP) is 8.08. The van der Waals surface area contributed by atoms with Crippen molar-refractivity contribution < 1.29 is 19.0 Å². The number of hydrogen-bond acceptors (Lipinski definition) is 8. The van der Waals surface area contributed by atoms with Crippen LogP contribution in [0.5, 0.6) is 5.75 Å². The van der Waals surface area contributed by atoms with E-state index in [2.05, 4.69) is 17.0 Å². The quantitative estimate of drug-likeness (QED) is 0.127. The molecular weight excluding hydrogens is 641 g/mol. The number of likely N-dealkylation sites (tertiary alicyclic amines) is 1. The van der Waals surface area contributed by atoms with E-state index >= 15 is 0 Å². The van der Waals surface area contributed by atoms with Gasteiger partial charge in [-0.25, -0.2) is 4.99 Å². The fourth-order valence-electron chi connectivity index (χ4n) is 5.62. The van der Waals surface area contributed by atoms with Crippen LogP contribution in [0.25, 0.3) is 0 Å². The molecule has 2 aliphatic heterocycles. The Bertz CT molecular complexity index is 1480. The topological polar surface area (TPSA) is 72.7 Å². The molecule has 1 fully saturated rings. The molecule has 2 heterocycles. The van der Waals surface area contributed by atoms with Crippen molar-refractivity contribution in [3.05, 3.63) is 99.5 Å². The molecule has 2 unspecified atom stereocenters. The third-order valence-electron chi connectivity index (χ3n) is 8.18. The van der Waals surface area contributed by atoms with Gasteiger partial charge >= 0.3 is 5.97 Å². The summed E-state index contributed by atoms with van der Waals surface area (Å²) in [5.41, 5.74) is 3.69. The summed E-state index contributed by atoms with van der Waals surface area (Å²) in [7, 11) is 1.65. The van der Waals surface area contributed by atoms with Crippen molar-refractivity contribution in [2.24, 2.45) is 15.9 Å². The SMILES string of the molecule is COc1ccc(CSC2=NC(c3ccc(Cl)c(Cl)c3)C(C(=O)OCCCc3ccccc3)C(COCCN3CCCCC3)=N2)cc1. The van der Waals surface area contributed by atoms with Crippen LogP contribution in [0.15, 0.2) is 82.8 Å². The lowest BCUT2D eigenvalue weighted by Crippen LogP contribution is -2.38. The molecule has 0 aliphatic carbocycles. The van der Waals surface area contributed by atoms with Crippen molar-refractivity contribution in [3.63, 3.8) is 0 Å². The fourth-order valence-corrected chi connectivity index (χ4v) is 6.79. The number of rotatable bonds is 14. The van der Waals surface area contributed by atoms with Crippen LogP contribution in [-0.4, -0.2) is 68.3 Å². The normalized spacial score (nSPS) is 18.5. The Morgan fingerprint density at radius 2 is 1.72 bits per heavy atom. The number of thioether (sulfide) groups is 1. The predicted molar refractivity (Wildman–Crippen MR) is 189 cm³/mol. The molecule has 3 aromatic rings. The van der Waals surface area contributed by atoms with Gasteiger partial charge in [0.1, 0.15) is 11.7 Å². The number of piperidine rings is 1. The lowest BCUT2D eigenvalue weighted by molar-refractivity contribution is -0.147. The Hall–Kier alpha value is -2.88. The molecule has 2 atom stereocenters. The molecule has 0 N–H and O–H groups in total. The minimum atomic E-state index is -0.755. The van der Waals surface area contributed by atoms with Crippen LogP contribution in [0.3, 0.4) is 0 Å². The van der Waals surface area contributed by atoms with Gasteiger partial charge in [-0.15, -0.1) is 0 Å². The highest BCUT2D eigenvalue weighted by Crippen LogP contribution is 2.37. The molecule has 0 bridgehead atoms. The third kappa shape index (κ3) is 10.1. The van der Waals surface area contributed by atoms with Gasteiger partial charge < -0.3 is 19.1 Å². The number of esters is 1. The molecule has 244 valence electrons. The lowest BCUT2D eigenvalue weighted by atomic mass is 9.88. The van der Waals surface area contributed by atoms with E-state index in [1.807, 2.05) is 48.5 Å². The van der Waals surface area contributed by atoms with Gasteiger partial charge in [0.2, 0.25) is 0 Å². The van der Waals surface area contributed by atoms with Crippen LogP contribution in [0.4, 0.5) is 0 Å². The Labute approximate surface area is 286 Å². The van der Waals surface area contributed by atoms with Gasteiger partial charge in [-0.2, -0.15) is 0 Å². The number of aryl methyl sites for hydroxylation is 1. The molecule has 7 nitrogen and oxygen atoms in total. The highest BCUT2D eigenvalue weighted by molar-refractivity contribution is 8.13.